The molecule has 12 nitrogen and oxygen atoms in total. The molecule has 12 heteroatoms. The molecule has 0 heterocycles. The smallest absolute Gasteiger partial charge is 0.348 e. The van der Waals surface area contributed by atoms with E-state index in [-0.39, 0.29) is 39.1 Å². The van der Waals surface area contributed by atoms with Crippen molar-refractivity contribution in [2.45, 2.75) is 50.7 Å². The highest BCUT2D eigenvalue weighted by molar-refractivity contribution is 5.77. The van der Waals surface area contributed by atoms with E-state index in [9.17, 15) is 24.0 Å². The van der Waals surface area contributed by atoms with Gasteiger partial charge in [0.05, 0.1) is 13.1 Å². The van der Waals surface area contributed by atoms with Gasteiger partial charge in [-0.25, -0.2) is 34.0 Å². The van der Waals surface area contributed by atoms with Crippen molar-refractivity contribution in [1.29, 1.82) is 5.26 Å². The Morgan fingerprint density at radius 2 is 1.37 bits per heavy atom. The molecular weight excluding hydrogens is 400 g/mol. The second-order valence-corrected chi connectivity index (χ2v) is 5.71. The van der Waals surface area contributed by atoms with Gasteiger partial charge in [-0.05, 0) is 38.5 Å². The van der Waals surface area contributed by atoms with Crippen LogP contribution < -0.4 is 0 Å². The zero-order valence-electron chi connectivity index (χ0n) is 16.3. The van der Waals surface area contributed by atoms with Crippen molar-refractivity contribution in [3.63, 3.8) is 0 Å². The summed E-state index contributed by atoms with van der Waals surface area (Å²) >= 11 is 0. The lowest BCUT2D eigenvalue weighted by atomic mass is 10.1. The number of aliphatic imine (C=N–C) groups is 3. The number of unbranched alkanes of at least 4 members (excludes halogenated alkanes) is 2. The lowest BCUT2D eigenvalue weighted by molar-refractivity contribution is -0.159. The number of ether oxygens (including phenoxy) is 3. The lowest BCUT2D eigenvalue weighted by Crippen LogP contribution is -2.28. The summed E-state index contributed by atoms with van der Waals surface area (Å²) in [6.45, 7) is -0.0557. The SMILES string of the molecule is N#COC(CCCCN=C=O)C(=O)OCCOC(=O)C(CCCCN=C=O)N=C=O. The topological polar surface area (TPSA) is 174 Å². The molecule has 2 atom stereocenters. The molecule has 0 aliphatic rings. The Morgan fingerprint density at radius 3 is 1.90 bits per heavy atom. The van der Waals surface area contributed by atoms with E-state index in [0.29, 0.717) is 25.7 Å². The lowest BCUT2D eigenvalue weighted by Gasteiger charge is -2.14. The standard InChI is InChI=1S/C18H22N4O8/c19-11-30-16(6-2-4-8-21-13-24)18(27)29-10-9-28-17(26)15(22-14-25)5-1-3-7-20-12-23/h15-16H,1-10H2. The van der Waals surface area contributed by atoms with Crippen LogP contribution in [0.4, 0.5) is 0 Å². The summed E-state index contributed by atoms with van der Waals surface area (Å²) in [4.78, 5) is 64.4. The monoisotopic (exact) mass is 422 g/mol. The van der Waals surface area contributed by atoms with Crippen LogP contribution in [0.3, 0.4) is 0 Å². The van der Waals surface area contributed by atoms with Crippen LogP contribution in [0, 0.1) is 11.5 Å². The van der Waals surface area contributed by atoms with Gasteiger partial charge in [-0.2, -0.15) is 10.3 Å². The molecule has 2 unspecified atom stereocenters. The number of rotatable bonds is 17. The maximum atomic E-state index is 11.9. The first kappa shape index (κ1) is 26.4. The third-order valence-corrected chi connectivity index (χ3v) is 3.62. The minimum Gasteiger partial charge on any atom is -0.460 e. The van der Waals surface area contributed by atoms with Gasteiger partial charge in [-0.1, -0.05) is 0 Å². The predicted molar refractivity (Wildman–Crippen MR) is 98.0 cm³/mol. The molecule has 0 rings (SSSR count). The quantitative estimate of drug-likeness (QED) is 0.107. The summed E-state index contributed by atoms with van der Waals surface area (Å²) < 4.78 is 14.5. The first-order valence-corrected chi connectivity index (χ1v) is 9.12. The average molecular weight is 422 g/mol. The molecule has 0 aliphatic carbocycles. The van der Waals surface area contributed by atoms with Crippen molar-refractivity contribution in [3.05, 3.63) is 0 Å². The van der Waals surface area contributed by atoms with Crippen LogP contribution in [0.25, 0.3) is 0 Å². The van der Waals surface area contributed by atoms with Crippen molar-refractivity contribution in [2.24, 2.45) is 15.0 Å². The van der Waals surface area contributed by atoms with Crippen molar-refractivity contribution in [1.82, 2.24) is 0 Å². The molecule has 0 aromatic rings. The van der Waals surface area contributed by atoms with Crippen LogP contribution >= 0.6 is 0 Å². The Morgan fingerprint density at radius 1 is 0.800 bits per heavy atom. The number of esters is 2. The molecule has 0 fully saturated rings. The van der Waals surface area contributed by atoms with Gasteiger partial charge >= 0.3 is 11.9 Å². The highest BCUT2D eigenvalue weighted by Crippen LogP contribution is 2.09. The summed E-state index contributed by atoms with van der Waals surface area (Å²) in [6, 6.07) is -1.05. The average Bonchev–Trinajstić information content (AvgIpc) is 2.74. The third kappa shape index (κ3) is 13.5. The fourth-order valence-corrected chi connectivity index (χ4v) is 2.20. The van der Waals surface area contributed by atoms with Crippen LogP contribution in [0.15, 0.2) is 15.0 Å². The second kappa shape index (κ2) is 18.7. The van der Waals surface area contributed by atoms with Crippen LogP contribution in [-0.2, 0) is 38.2 Å². The molecule has 0 bridgehead atoms. The fourth-order valence-electron chi connectivity index (χ4n) is 2.20. The predicted octanol–water partition coefficient (Wildman–Crippen LogP) is 0.656. The van der Waals surface area contributed by atoms with Gasteiger partial charge in [-0.3, -0.25) is 0 Å². The van der Waals surface area contributed by atoms with Crippen LogP contribution in [0.1, 0.15) is 38.5 Å². The minimum absolute atomic E-state index is 0.185. The zero-order chi connectivity index (χ0) is 22.5. The van der Waals surface area contributed by atoms with Gasteiger partial charge < -0.3 is 14.2 Å². The molecule has 0 aromatic carbocycles. The van der Waals surface area contributed by atoms with E-state index in [1.807, 2.05) is 0 Å². The number of carbonyl (C=O) groups is 2. The van der Waals surface area contributed by atoms with Crippen molar-refractivity contribution in [2.75, 3.05) is 26.3 Å². The number of hydrogen-bond donors (Lipinski definition) is 0. The first-order chi connectivity index (χ1) is 14.6. The molecule has 0 saturated heterocycles. The minimum atomic E-state index is -1.12. The third-order valence-electron chi connectivity index (χ3n) is 3.62. The van der Waals surface area contributed by atoms with Crippen molar-refractivity contribution in [3.8, 4) is 6.26 Å². The summed E-state index contributed by atoms with van der Waals surface area (Å²) in [5.74, 6) is -1.58. The summed E-state index contributed by atoms with van der Waals surface area (Å²) in [5, 5.41) is 8.62. The molecular formula is C18H22N4O8. The van der Waals surface area contributed by atoms with E-state index >= 15 is 0 Å². The molecule has 0 amide bonds. The Kier molecular flexibility index (Phi) is 16.5. The van der Waals surface area contributed by atoms with Gasteiger partial charge in [0, 0.05) is 0 Å². The van der Waals surface area contributed by atoms with E-state index < -0.39 is 24.1 Å². The van der Waals surface area contributed by atoms with Gasteiger partial charge in [0.2, 0.25) is 24.3 Å². The van der Waals surface area contributed by atoms with Crippen molar-refractivity contribution < 1.29 is 38.2 Å². The number of nitrogens with zero attached hydrogens (tertiary/aromatic N) is 4. The molecule has 0 aromatic heterocycles. The molecule has 0 N–H and O–H groups in total. The summed E-state index contributed by atoms with van der Waals surface area (Å²) in [5.41, 5.74) is 0. The van der Waals surface area contributed by atoms with Crippen molar-refractivity contribution >= 4 is 30.2 Å². The fraction of sp³-hybridized carbons (Fsp3) is 0.667. The number of hydrogen-bond acceptors (Lipinski definition) is 12. The largest absolute Gasteiger partial charge is 0.460 e. The molecule has 0 saturated carbocycles. The van der Waals surface area contributed by atoms with Gasteiger partial charge in [-0.15, -0.1) is 0 Å². The van der Waals surface area contributed by atoms with E-state index in [2.05, 4.69) is 19.7 Å². The summed E-state index contributed by atoms with van der Waals surface area (Å²) in [6.07, 6.45) is 6.72. The normalized spacial score (nSPS) is 11.3. The van der Waals surface area contributed by atoms with E-state index in [0.717, 1.165) is 0 Å². The Balaban J connectivity index is 4.28. The van der Waals surface area contributed by atoms with E-state index in [1.54, 1.807) is 0 Å². The van der Waals surface area contributed by atoms with Crippen LogP contribution in [0.5, 0.6) is 0 Å². The molecule has 0 aliphatic heterocycles. The zero-order valence-corrected chi connectivity index (χ0v) is 16.3. The number of carbonyl (C=O) groups excluding carboxylic acids is 5. The second-order valence-electron chi connectivity index (χ2n) is 5.71. The van der Waals surface area contributed by atoms with Gasteiger partial charge in [0.1, 0.15) is 13.2 Å². The Labute approximate surface area is 172 Å². The maximum Gasteiger partial charge on any atom is 0.348 e. The number of isocyanates is 3. The molecule has 0 spiro atoms. The Hall–Kier alpha value is -3.63. The van der Waals surface area contributed by atoms with E-state index in [4.69, 9.17) is 14.7 Å². The maximum absolute atomic E-state index is 11.9. The van der Waals surface area contributed by atoms with E-state index in [1.165, 1.54) is 24.5 Å². The number of nitriles is 1. The summed E-state index contributed by atoms with van der Waals surface area (Å²) in [7, 11) is 0. The highest BCUT2D eigenvalue weighted by atomic mass is 16.6. The molecule has 162 valence electrons. The molecule has 0 radical (unpaired) electrons. The molecule has 30 heavy (non-hydrogen) atoms. The highest BCUT2D eigenvalue weighted by Gasteiger charge is 2.22. The van der Waals surface area contributed by atoms with Gasteiger partial charge in [0.25, 0.3) is 6.26 Å². The van der Waals surface area contributed by atoms with Crippen LogP contribution in [0.2, 0.25) is 0 Å². The Bertz CT molecular complexity index is 716. The van der Waals surface area contributed by atoms with Gasteiger partial charge in [0.15, 0.2) is 6.04 Å². The first-order valence-electron chi connectivity index (χ1n) is 9.12. The van der Waals surface area contributed by atoms with Crippen LogP contribution in [-0.4, -0.2) is 68.6 Å².